The van der Waals surface area contributed by atoms with Crippen molar-refractivity contribution in [1.29, 1.82) is 0 Å². The summed E-state index contributed by atoms with van der Waals surface area (Å²) in [6.07, 6.45) is 18.2. The predicted octanol–water partition coefficient (Wildman–Crippen LogP) is 17.5. The SMILES string of the molecule is CCCCCCOc1ccc(N(c2ccc(/C=C/c3ccc(/C=C/c4ccc(N(c5ccc(C)cc5)c5ccc(C)cc5)cc4)cc3)cc2)c2ccc(OCCCCCC)cc2)cc1. The number of unbranched alkanes of at least 4 members (excludes halogenated alkanes) is 6. The quantitative estimate of drug-likeness (QED) is 0.0501. The molecule has 0 saturated heterocycles. The third kappa shape index (κ3) is 13.1. The molecule has 326 valence electrons. The van der Waals surface area contributed by atoms with Crippen LogP contribution in [0.15, 0.2) is 170 Å². The van der Waals surface area contributed by atoms with Gasteiger partial charge in [-0.15, -0.1) is 0 Å². The van der Waals surface area contributed by atoms with Gasteiger partial charge >= 0.3 is 0 Å². The first-order chi connectivity index (χ1) is 31.4. The molecule has 64 heavy (non-hydrogen) atoms. The van der Waals surface area contributed by atoms with E-state index < -0.39 is 0 Å². The minimum absolute atomic E-state index is 0.749. The van der Waals surface area contributed by atoms with Crippen molar-refractivity contribution in [3.8, 4) is 11.5 Å². The molecule has 0 aliphatic carbocycles. The van der Waals surface area contributed by atoms with Crippen LogP contribution in [0.25, 0.3) is 24.3 Å². The Balaban J connectivity index is 1.00. The molecule has 4 heteroatoms. The zero-order valence-electron chi connectivity index (χ0n) is 38.3. The molecule has 7 rings (SSSR count). The monoisotopic (exact) mass is 844 g/mol. The Morgan fingerprint density at radius 3 is 0.844 bits per heavy atom. The first kappa shape index (κ1) is 45.3. The minimum atomic E-state index is 0.749. The van der Waals surface area contributed by atoms with E-state index in [0.29, 0.717) is 0 Å². The molecule has 4 nitrogen and oxygen atoms in total. The first-order valence-corrected chi connectivity index (χ1v) is 23.3. The summed E-state index contributed by atoms with van der Waals surface area (Å²) >= 11 is 0. The predicted molar refractivity (Wildman–Crippen MR) is 275 cm³/mol. The number of benzene rings is 7. The Morgan fingerprint density at radius 1 is 0.312 bits per heavy atom. The fraction of sp³-hybridized carbons (Fsp3) is 0.233. The van der Waals surface area contributed by atoms with Gasteiger partial charge in [-0.25, -0.2) is 0 Å². The van der Waals surface area contributed by atoms with Crippen LogP contribution in [0.3, 0.4) is 0 Å². The maximum absolute atomic E-state index is 6.08. The third-order valence-corrected chi connectivity index (χ3v) is 11.5. The van der Waals surface area contributed by atoms with Crippen LogP contribution in [0.2, 0.25) is 0 Å². The summed E-state index contributed by atoms with van der Waals surface area (Å²) in [5.41, 5.74) is 13.7. The average Bonchev–Trinajstić information content (AvgIpc) is 3.33. The van der Waals surface area contributed by atoms with E-state index >= 15 is 0 Å². The zero-order chi connectivity index (χ0) is 44.4. The molecular formula is C60H64N2O2. The van der Waals surface area contributed by atoms with Crippen molar-refractivity contribution in [3.05, 3.63) is 203 Å². The molecule has 0 aliphatic rings. The molecule has 0 unspecified atom stereocenters. The number of ether oxygens (including phenoxy) is 2. The summed E-state index contributed by atoms with van der Waals surface area (Å²) in [5, 5.41) is 0. The molecule has 0 atom stereocenters. The Labute approximate surface area is 383 Å². The molecule has 0 N–H and O–H groups in total. The zero-order valence-corrected chi connectivity index (χ0v) is 38.3. The Hall–Kier alpha value is -6.78. The summed E-state index contributed by atoms with van der Waals surface area (Å²) in [5.74, 6) is 1.81. The fourth-order valence-electron chi connectivity index (χ4n) is 7.67. The molecule has 7 aromatic carbocycles. The molecule has 0 saturated carbocycles. The largest absolute Gasteiger partial charge is 0.494 e. The lowest BCUT2D eigenvalue weighted by atomic mass is 10.1. The fourth-order valence-corrected chi connectivity index (χ4v) is 7.67. The minimum Gasteiger partial charge on any atom is -0.494 e. The van der Waals surface area contributed by atoms with Crippen molar-refractivity contribution < 1.29 is 9.47 Å². The maximum Gasteiger partial charge on any atom is 0.119 e. The highest BCUT2D eigenvalue weighted by Gasteiger charge is 2.14. The van der Waals surface area contributed by atoms with Crippen LogP contribution >= 0.6 is 0 Å². The smallest absolute Gasteiger partial charge is 0.119 e. The van der Waals surface area contributed by atoms with Crippen molar-refractivity contribution in [1.82, 2.24) is 0 Å². The molecule has 0 radical (unpaired) electrons. The van der Waals surface area contributed by atoms with Crippen molar-refractivity contribution in [2.75, 3.05) is 23.0 Å². The number of nitrogens with zero attached hydrogens (tertiary/aromatic N) is 2. The highest BCUT2D eigenvalue weighted by molar-refractivity contribution is 5.80. The van der Waals surface area contributed by atoms with Gasteiger partial charge in [0.25, 0.3) is 0 Å². The van der Waals surface area contributed by atoms with Crippen LogP contribution in [0.4, 0.5) is 34.1 Å². The summed E-state index contributed by atoms with van der Waals surface area (Å²) < 4.78 is 12.2. The van der Waals surface area contributed by atoms with Crippen molar-refractivity contribution in [2.24, 2.45) is 0 Å². The second-order valence-electron chi connectivity index (χ2n) is 16.7. The highest BCUT2D eigenvalue weighted by atomic mass is 16.5. The second kappa shape index (κ2) is 23.6. The van der Waals surface area contributed by atoms with Gasteiger partial charge in [0.1, 0.15) is 11.5 Å². The van der Waals surface area contributed by atoms with E-state index in [-0.39, 0.29) is 0 Å². The van der Waals surface area contributed by atoms with E-state index in [1.807, 2.05) is 0 Å². The van der Waals surface area contributed by atoms with Gasteiger partial charge in [0.15, 0.2) is 0 Å². The standard InChI is InChI=1S/C60H64N2O2/c1-5-7-9-11-45-63-59-41-37-57(38-42-59)62(58-39-43-60(44-40-58)64-46-12-10-8-6-2)56-35-27-52(28-36-56)24-22-50-19-17-49(18-20-50)21-23-51-25-33-55(34-26-51)61(53-29-13-47(3)14-30-53)54-31-15-48(4)16-32-54/h13-44H,5-12,45-46H2,1-4H3/b23-21+,24-22+. The third-order valence-electron chi connectivity index (χ3n) is 11.5. The van der Waals surface area contributed by atoms with Crippen LogP contribution in [-0.2, 0) is 0 Å². The van der Waals surface area contributed by atoms with Gasteiger partial charge in [0.2, 0.25) is 0 Å². The van der Waals surface area contributed by atoms with Gasteiger partial charge in [-0.2, -0.15) is 0 Å². The van der Waals surface area contributed by atoms with Gasteiger partial charge in [0, 0.05) is 34.1 Å². The molecule has 0 aromatic heterocycles. The topological polar surface area (TPSA) is 24.9 Å². The van der Waals surface area contributed by atoms with E-state index in [1.54, 1.807) is 0 Å². The lowest BCUT2D eigenvalue weighted by molar-refractivity contribution is 0.305. The summed E-state index contributed by atoms with van der Waals surface area (Å²) in [7, 11) is 0. The van der Waals surface area contributed by atoms with Gasteiger partial charge in [-0.05, 0) is 146 Å². The lowest BCUT2D eigenvalue weighted by Crippen LogP contribution is -2.10. The van der Waals surface area contributed by atoms with Crippen molar-refractivity contribution in [2.45, 2.75) is 79.1 Å². The van der Waals surface area contributed by atoms with Crippen LogP contribution in [0.5, 0.6) is 11.5 Å². The summed E-state index contributed by atoms with van der Waals surface area (Å²) in [4.78, 5) is 4.59. The van der Waals surface area contributed by atoms with Crippen LogP contribution in [0.1, 0.15) is 98.6 Å². The number of hydrogen-bond acceptors (Lipinski definition) is 4. The van der Waals surface area contributed by atoms with Crippen LogP contribution in [0, 0.1) is 13.8 Å². The molecule has 0 spiro atoms. The van der Waals surface area contributed by atoms with E-state index in [4.69, 9.17) is 9.47 Å². The molecule has 0 fully saturated rings. The Kier molecular flexibility index (Phi) is 16.7. The number of rotatable bonds is 22. The maximum atomic E-state index is 6.08. The summed E-state index contributed by atoms with van der Waals surface area (Å²) in [6.45, 7) is 10.2. The lowest BCUT2D eigenvalue weighted by Gasteiger charge is -2.26. The van der Waals surface area contributed by atoms with Crippen molar-refractivity contribution >= 4 is 58.4 Å². The van der Waals surface area contributed by atoms with Gasteiger partial charge in [0.05, 0.1) is 13.2 Å². The van der Waals surface area contributed by atoms with Gasteiger partial charge in [-0.1, -0.05) is 161 Å². The van der Waals surface area contributed by atoms with Crippen LogP contribution < -0.4 is 19.3 Å². The molecule has 0 aliphatic heterocycles. The van der Waals surface area contributed by atoms with Gasteiger partial charge < -0.3 is 19.3 Å². The molecule has 0 heterocycles. The Morgan fingerprint density at radius 2 is 0.562 bits per heavy atom. The normalized spacial score (nSPS) is 11.3. The second-order valence-corrected chi connectivity index (χ2v) is 16.7. The van der Waals surface area contributed by atoms with Gasteiger partial charge in [-0.3, -0.25) is 0 Å². The first-order valence-electron chi connectivity index (χ1n) is 23.3. The summed E-state index contributed by atoms with van der Waals surface area (Å²) in [6, 6.07) is 60.6. The van der Waals surface area contributed by atoms with E-state index in [1.165, 1.54) is 49.7 Å². The van der Waals surface area contributed by atoms with Crippen molar-refractivity contribution in [3.63, 3.8) is 0 Å². The molecule has 7 aromatic rings. The number of hydrogen-bond donors (Lipinski definition) is 0. The highest BCUT2D eigenvalue weighted by Crippen LogP contribution is 2.37. The van der Waals surface area contributed by atoms with E-state index in [9.17, 15) is 0 Å². The molecule has 0 bridgehead atoms. The number of aryl methyl sites for hydroxylation is 2. The van der Waals surface area contributed by atoms with E-state index in [2.05, 4.69) is 232 Å². The molecular weight excluding hydrogens is 781 g/mol. The van der Waals surface area contributed by atoms with E-state index in [0.717, 1.165) is 93.9 Å². The number of anilines is 6. The average molecular weight is 845 g/mol. The molecule has 0 amide bonds. The Bertz CT molecular complexity index is 2380. The van der Waals surface area contributed by atoms with Crippen LogP contribution in [-0.4, -0.2) is 13.2 Å².